The van der Waals surface area contributed by atoms with Crippen molar-refractivity contribution in [2.75, 3.05) is 0 Å². The molecule has 0 spiro atoms. The van der Waals surface area contributed by atoms with Crippen LogP contribution in [0.15, 0.2) is 23.4 Å². The van der Waals surface area contributed by atoms with Crippen LogP contribution >= 0.6 is 0 Å². The van der Waals surface area contributed by atoms with Gasteiger partial charge in [0, 0.05) is 11.1 Å². The largest absolute Gasteiger partial charge is 0.296 e. The molecule has 1 aromatic heterocycles. The minimum Gasteiger partial charge on any atom is -0.296 e. The van der Waals surface area contributed by atoms with Gasteiger partial charge >= 0.3 is 0 Å². The van der Waals surface area contributed by atoms with Crippen LogP contribution in [-0.2, 0) is 6.54 Å². The van der Waals surface area contributed by atoms with E-state index in [1.54, 1.807) is 12.1 Å². The molecule has 0 radical (unpaired) electrons. The summed E-state index contributed by atoms with van der Waals surface area (Å²) < 4.78 is 0. The SMILES string of the molecule is [N-]=[N+]=NCc1ccc(C=O)nc1. The second kappa shape index (κ2) is 4.10. The standard InChI is InChI=1S/C7H6N4O/c8-11-10-4-6-1-2-7(5-12)9-3-6/h1-3,5H,4H2. The summed E-state index contributed by atoms with van der Waals surface area (Å²) in [4.78, 5) is 16.6. The number of azide groups is 1. The van der Waals surface area contributed by atoms with E-state index in [-0.39, 0.29) is 6.54 Å². The van der Waals surface area contributed by atoms with Gasteiger partial charge in [-0.15, -0.1) is 0 Å². The van der Waals surface area contributed by atoms with Gasteiger partial charge in [0.1, 0.15) is 5.69 Å². The van der Waals surface area contributed by atoms with Crippen LogP contribution in [0.1, 0.15) is 16.1 Å². The summed E-state index contributed by atoms with van der Waals surface area (Å²) >= 11 is 0. The fourth-order valence-corrected chi connectivity index (χ4v) is 0.712. The van der Waals surface area contributed by atoms with Gasteiger partial charge in [0.05, 0.1) is 6.54 Å². The van der Waals surface area contributed by atoms with Gasteiger partial charge < -0.3 is 0 Å². The Bertz CT molecular complexity index is 313. The highest BCUT2D eigenvalue weighted by atomic mass is 16.1. The van der Waals surface area contributed by atoms with Crippen LogP contribution in [0.3, 0.4) is 0 Å². The van der Waals surface area contributed by atoms with Crippen LogP contribution < -0.4 is 0 Å². The Hall–Kier alpha value is -1.87. The minimum atomic E-state index is 0.267. The quantitative estimate of drug-likeness (QED) is 0.293. The molecule has 0 aliphatic heterocycles. The van der Waals surface area contributed by atoms with Crippen LogP contribution in [-0.4, -0.2) is 11.3 Å². The molecule has 0 atom stereocenters. The third-order valence-electron chi connectivity index (χ3n) is 1.28. The van der Waals surface area contributed by atoms with Crippen molar-refractivity contribution in [2.45, 2.75) is 6.54 Å². The fourth-order valence-electron chi connectivity index (χ4n) is 0.712. The number of carbonyl (C=O) groups excluding carboxylic acids is 1. The number of pyridine rings is 1. The Balaban J connectivity index is 2.77. The smallest absolute Gasteiger partial charge is 0.168 e. The van der Waals surface area contributed by atoms with Crippen molar-refractivity contribution in [3.8, 4) is 0 Å². The summed E-state index contributed by atoms with van der Waals surface area (Å²) in [6.07, 6.45) is 2.18. The average molecular weight is 162 g/mol. The van der Waals surface area contributed by atoms with Crippen molar-refractivity contribution >= 4 is 6.29 Å². The highest BCUT2D eigenvalue weighted by Gasteiger charge is 1.92. The number of rotatable bonds is 3. The maximum atomic E-state index is 10.2. The predicted octanol–water partition coefficient (Wildman–Crippen LogP) is 1.70. The second-order valence-electron chi connectivity index (χ2n) is 2.10. The van der Waals surface area contributed by atoms with Crippen LogP contribution in [0.5, 0.6) is 0 Å². The molecule has 0 aromatic carbocycles. The van der Waals surface area contributed by atoms with E-state index in [9.17, 15) is 4.79 Å². The predicted molar refractivity (Wildman–Crippen MR) is 42.5 cm³/mol. The summed E-state index contributed by atoms with van der Waals surface area (Å²) in [5.41, 5.74) is 9.17. The molecule has 1 aromatic rings. The number of nitrogens with zero attached hydrogens (tertiary/aromatic N) is 4. The summed E-state index contributed by atoms with van der Waals surface area (Å²) in [5.74, 6) is 0. The highest BCUT2D eigenvalue weighted by Crippen LogP contribution is 2.00. The minimum absolute atomic E-state index is 0.267. The van der Waals surface area contributed by atoms with Crippen molar-refractivity contribution in [3.63, 3.8) is 0 Å². The molecule has 0 amide bonds. The Kier molecular flexibility index (Phi) is 2.81. The first-order chi connectivity index (χ1) is 5.86. The molecule has 0 aliphatic carbocycles. The number of hydrogen-bond donors (Lipinski definition) is 0. The maximum absolute atomic E-state index is 10.2. The number of carbonyl (C=O) groups is 1. The lowest BCUT2D eigenvalue weighted by molar-refractivity contribution is 0.111. The average Bonchev–Trinajstić information content (AvgIpc) is 2.15. The lowest BCUT2D eigenvalue weighted by Gasteiger charge is -1.93. The van der Waals surface area contributed by atoms with Gasteiger partial charge in [-0.05, 0) is 17.2 Å². The summed E-state index contributed by atoms with van der Waals surface area (Å²) in [6, 6.07) is 3.28. The molecular weight excluding hydrogens is 156 g/mol. The van der Waals surface area contributed by atoms with E-state index >= 15 is 0 Å². The van der Waals surface area contributed by atoms with E-state index in [0.29, 0.717) is 12.0 Å². The Morgan fingerprint density at radius 2 is 2.50 bits per heavy atom. The van der Waals surface area contributed by atoms with E-state index in [1.807, 2.05) is 0 Å². The van der Waals surface area contributed by atoms with Crippen molar-refractivity contribution in [1.29, 1.82) is 0 Å². The van der Waals surface area contributed by atoms with Crippen LogP contribution in [0.25, 0.3) is 10.4 Å². The first-order valence-corrected chi connectivity index (χ1v) is 3.28. The van der Waals surface area contributed by atoms with Gasteiger partial charge in [-0.2, -0.15) is 0 Å². The van der Waals surface area contributed by atoms with Crippen LogP contribution in [0.2, 0.25) is 0 Å². The summed E-state index contributed by atoms with van der Waals surface area (Å²) in [6.45, 7) is 0.267. The Morgan fingerprint density at radius 1 is 1.67 bits per heavy atom. The zero-order valence-electron chi connectivity index (χ0n) is 6.21. The summed E-state index contributed by atoms with van der Waals surface area (Å²) in [5, 5.41) is 3.35. The molecule has 60 valence electrons. The zero-order valence-corrected chi connectivity index (χ0v) is 6.21. The number of aldehydes is 1. The van der Waals surface area contributed by atoms with Gasteiger partial charge in [-0.1, -0.05) is 11.2 Å². The normalized spacial score (nSPS) is 8.67. The van der Waals surface area contributed by atoms with Crippen molar-refractivity contribution in [1.82, 2.24) is 4.98 Å². The van der Waals surface area contributed by atoms with E-state index in [2.05, 4.69) is 15.0 Å². The molecule has 0 saturated carbocycles. The molecule has 1 rings (SSSR count). The summed E-state index contributed by atoms with van der Waals surface area (Å²) in [7, 11) is 0. The van der Waals surface area contributed by atoms with Crippen LogP contribution in [0.4, 0.5) is 0 Å². The van der Waals surface area contributed by atoms with E-state index in [0.717, 1.165) is 5.56 Å². The molecule has 5 heteroatoms. The third kappa shape index (κ3) is 2.07. The van der Waals surface area contributed by atoms with E-state index in [4.69, 9.17) is 5.53 Å². The fraction of sp³-hybridized carbons (Fsp3) is 0.143. The molecule has 1 heterocycles. The zero-order chi connectivity index (χ0) is 8.81. The lowest BCUT2D eigenvalue weighted by atomic mass is 10.2. The first-order valence-electron chi connectivity index (χ1n) is 3.28. The van der Waals surface area contributed by atoms with Gasteiger partial charge in [-0.25, -0.2) is 0 Å². The molecular formula is C7H6N4O. The Labute approximate surface area is 68.7 Å². The highest BCUT2D eigenvalue weighted by molar-refractivity contribution is 5.71. The van der Waals surface area contributed by atoms with Crippen molar-refractivity contribution < 1.29 is 4.79 Å². The van der Waals surface area contributed by atoms with Crippen molar-refractivity contribution in [3.05, 3.63) is 40.0 Å². The monoisotopic (exact) mass is 162 g/mol. The third-order valence-corrected chi connectivity index (χ3v) is 1.28. The van der Waals surface area contributed by atoms with E-state index in [1.165, 1.54) is 6.20 Å². The molecule has 0 N–H and O–H groups in total. The van der Waals surface area contributed by atoms with Crippen molar-refractivity contribution in [2.24, 2.45) is 5.11 Å². The van der Waals surface area contributed by atoms with Gasteiger partial charge in [0.15, 0.2) is 6.29 Å². The van der Waals surface area contributed by atoms with E-state index < -0.39 is 0 Å². The maximum Gasteiger partial charge on any atom is 0.168 e. The van der Waals surface area contributed by atoms with Crippen LogP contribution in [0, 0.1) is 0 Å². The Morgan fingerprint density at radius 3 is 3.00 bits per heavy atom. The number of hydrogen-bond acceptors (Lipinski definition) is 3. The second-order valence-corrected chi connectivity index (χ2v) is 2.10. The van der Waals surface area contributed by atoms with Gasteiger partial charge in [0.2, 0.25) is 0 Å². The topological polar surface area (TPSA) is 78.7 Å². The molecule has 12 heavy (non-hydrogen) atoms. The molecule has 0 unspecified atom stereocenters. The molecule has 0 fully saturated rings. The molecule has 0 aliphatic rings. The molecule has 0 saturated heterocycles. The van der Waals surface area contributed by atoms with Gasteiger partial charge in [0.25, 0.3) is 0 Å². The first kappa shape index (κ1) is 8.23. The lowest BCUT2D eigenvalue weighted by Crippen LogP contribution is -1.88. The molecule has 0 bridgehead atoms. The number of aromatic nitrogens is 1. The molecule has 5 nitrogen and oxygen atoms in total. The van der Waals surface area contributed by atoms with Gasteiger partial charge in [-0.3, -0.25) is 9.78 Å².